The molecule has 0 saturated carbocycles. The van der Waals surface area contributed by atoms with E-state index in [0.29, 0.717) is 17.5 Å². The lowest BCUT2D eigenvalue weighted by Gasteiger charge is -2.16. The number of nitrogens with zero attached hydrogens (tertiary/aromatic N) is 4. The molecule has 6 aromatic carbocycles. The molecular formula is C42H34N6. The Morgan fingerprint density at radius 1 is 0.542 bits per heavy atom. The highest BCUT2D eigenvalue weighted by Crippen LogP contribution is 2.39. The number of anilines is 2. The topological polar surface area (TPSA) is 79.5 Å². The molecule has 0 aliphatic carbocycles. The van der Waals surface area contributed by atoms with Gasteiger partial charge in [0.25, 0.3) is 0 Å². The van der Waals surface area contributed by atoms with Gasteiger partial charge in [0.15, 0.2) is 17.5 Å². The van der Waals surface area contributed by atoms with Gasteiger partial charge in [0, 0.05) is 50.6 Å². The van der Waals surface area contributed by atoms with E-state index in [1.165, 1.54) is 6.21 Å². The molecule has 2 heterocycles. The van der Waals surface area contributed by atoms with Gasteiger partial charge >= 0.3 is 0 Å². The van der Waals surface area contributed by atoms with Gasteiger partial charge in [-0.2, -0.15) is 0 Å². The Morgan fingerprint density at radius 3 is 1.71 bits per heavy atom. The molecule has 0 amide bonds. The third kappa shape index (κ3) is 5.72. The number of hydrogen-bond donors (Lipinski definition) is 2. The van der Waals surface area contributed by atoms with Crippen LogP contribution in [0.1, 0.15) is 19.4 Å². The van der Waals surface area contributed by atoms with E-state index in [-0.39, 0.29) is 0 Å². The van der Waals surface area contributed by atoms with E-state index in [1.807, 2.05) is 123 Å². The van der Waals surface area contributed by atoms with Gasteiger partial charge in [0.1, 0.15) is 0 Å². The molecule has 0 radical (unpaired) electrons. The van der Waals surface area contributed by atoms with Gasteiger partial charge in [0.2, 0.25) is 0 Å². The van der Waals surface area contributed by atoms with E-state index in [9.17, 15) is 0 Å². The molecule has 0 bridgehead atoms. The quantitative estimate of drug-likeness (QED) is 0.173. The first-order chi connectivity index (χ1) is 23.8. The van der Waals surface area contributed by atoms with Crippen LogP contribution in [0.15, 0.2) is 152 Å². The average Bonchev–Trinajstić information content (AvgIpc) is 3.51. The van der Waals surface area contributed by atoms with Crippen LogP contribution in [0.25, 0.3) is 61.7 Å². The molecule has 2 aromatic heterocycles. The SMILES string of the molecule is CC.N=Cc1ccc2c3ccccc3n(-c3cccc(-c4nc(-c5ccccc5)nc(-c5ccccc5)n4)c3)c2c1Nc1ccccc1. The normalized spacial score (nSPS) is 10.8. The van der Waals surface area contributed by atoms with Crippen molar-refractivity contribution in [3.05, 3.63) is 157 Å². The summed E-state index contributed by atoms with van der Waals surface area (Å²) in [5, 5.41) is 14.1. The second-order valence-electron chi connectivity index (χ2n) is 11.0. The van der Waals surface area contributed by atoms with Crippen LogP contribution in [0.5, 0.6) is 0 Å². The number of para-hydroxylation sites is 2. The number of benzene rings is 6. The standard InChI is InChI=1S/C40H28N6.C2H6/c41-26-30-23-24-34-33-21-10-11-22-35(33)46(37(34)36(30)42-31-18-8-3-9-19-31)32-20-12-17-29(25-32)40-44-38(27-13-4-1-5-14-27)43-39(45-40)28-15-6-2-7-16-28;1-2/h1-26,41-42H;1-2H3. The summed E-state index contributed by atoms with van der Waals surface area (Å²) in [4.78, 5) is 14.8. The van der Waals surface area contributed by atoms with Crippen molar-refractivity contribution in [1.82, 2.24) is 19.5 Å². The van der Waals surface area contributed by atoms with Gasteiger partial charge in [0.05, 0.1) is 16.7 Å². The zero-order valence-electron chi connectivity index (χ0n) is 26.8. The highest BCUT2D eigenvalue weighted by molar-refractivity contribution is 6.16. The van der Waals surface area contributed by atoms with Gasteiger partial charge in [-0.25, -0.2) is 15.0 Å². The molecular weight excluding hydrogens is 589 g/mol. The molecule has 0 fully saturated rings. The average molecular weight is 623 g/mol. The van der Waals surface area contributed by atoms with Crippen LogP contribution in [0.4, 0.5) is 11.4 Å². The lowest BCUT2D eigenvalue weighted by atomic mass is 10.1. The summed E-state index contributed by atoms with van der Waals surface area (Å²) in [5.74, 6) is 1.84. The van der Waals surface area contributed by atoms with Crippen molar-refractivity contribution in [3.8, 4) is 39.9 Å². The second-order valence-corrected chi connectivity index (χ2v) is 11.0. The van der Waals surface area contributed by atoms with Crippen molar-refractivity contribution in [2.45, 2.75) is 13.8 Å². The summed E-state index contributed by atoms with van der Waals surface area (Å²) in [7, 11) is 0. The monoisotopic (exact) mass is 622 g/mol. The molecule has 0 atom stereocenters. The minimum atomic E-state index is 0.595. The van der Waals surface area contributed by atoms with Crippen molar-refractivity contribution < 1.29 is 0 Å². The number of fused-ring (bicyclic) bond motifs is 3. The van der Waals surface area contributed by atoms with Gasteiger partial charge in [-0.3, -0.25) is 0 Å². The number of aromatic nitrogens is 4. The van der Waals surface area contributed by atoms with Gasteiger partial charge in [-0.05, 0) is 30.3 Å². The van der Waals surface area contributed by atoms with E-state index < -0.39 is 0 Å². The molecule has 8 rings (SSSR count). The lowest BCUT2D eigenvalue weighted by Crippen LogP contribution is -2.02. The maximum atomic E-state index is 8.27. The molecule has 6 heteroatoms. The molecule has 0 aliphatic rings. The Bertz CT molecular complexity index is 2290. The van der Waals surface area contributed by atoms with Crippen LogP contribution < -0.4 is 5.32 Å². The summed E-state index contributed by atoms with van der Waals surface area (Å²) < 4.78 is 2.27. The molecule has 0 saturated heterocycles. The van der Waals surface area contributed by atoms with Crippen LogP contribution >= 0.6 is 0 Å². The van der Waals surface area contributed by atoms with Crippen LogP contribution in [0, 0.1) is 5.41 Å². The Hall–Kier alpha value is -6.40. The van der Waals surface area contributed by atoms with E-state index in [2.05, 4.69) is 52.3 Å². The Kier molecular flexibility index (Phi) is 8.53. The minimum absolute atomic E-state index is 0.595. The van der Waals surface area contributed by atoms with Crippen molar-refractivity contribution in [1.29, 1.82) is 5.41 Å². The van der Waals surface area contributed by atoms with Crippen molar-refractivity contribution in [2.24, 2.45) is 0 Å². The molecule has 0 spiro atoms. The van der Waals surface area contributed by atoms with Gasteiger partial charge in [-0.15, -0.1) is 0 Å². The van der Waals surface area contributed by atoms with Crippen LogP contribution in [-0.2, 0) is 0 Å². The highest BCUT2D eigenvalue weighted by atomic mass is 15.0. The zero-order valence-corrected chi connectivity index (χ0v) is 26.8. The number of rotatable bonds is 7. The molecule has 0 aliphatic heterocycles. The first-order valence-corrected chi connectivity index (χ1v) is 16.1. The van der Waals surface area contributed by atoms with E-state index in [4.69, 9.17) is 20.4 Å². The zero-order chi connectivity index (χ0) is 32.9. The van der Waals surface area contributed by atoms with Crippen molar-refractivity contribution in [2.75, 3.05) is 5.32 Å². The highest BCUT2D eigenvalue weighted by Gasteiger charge is 2.19. The predicted octanol–water partition coefficient (Wildman–Crippen LogP) is 10.7. The largest absolute Gasteiger partial charge is 0.353 e. The van der Waals surface area contributed by atoms with Crippen molar-refractivity contribution >= 4 is 39.4 Å². The molecule has 232 valence electrons. The smallest absolute Gasteiger partial charge is 0.164 e. The summed E-state index contributed by atoms with van der Waals surface area (Å²) in [5.41, 5.74) is 8.39. The first kappa shape index (κ1) is 30.3. The molecule has 0 unspecified atom stereocenters. The minimum Gasteiger partial charge on any atom is -0.353 e. The first-order valence-electron chi connectivity index (χ1n) is 16.1. The fraction of sp³-hybridized carbons (Fsp3) is 0.0476. The molecule has 48 heavy (non-hydrogen) atoms. The maximum Gasteiger partial charge on any atom is 0.164 e. The third-order valence-electron chi connectivity index (χ3n) is 8.13. The second kappa shape index (κ2) is 13.5. The Morgan fingerprint density at radius 2 is 1.08 bits per heavy atom. The molecule has 2 N–H and O–H groups in total. The fourth-order valence-electron chi connectivity index (χ4n) is 5.98. The molecule has 8 aromatic rings. The van der Waals surface area contributed by atoms with Crippen LogP contribution in [0.2, 0.25) is 0 Å². The van der Waals surface area contributed by atoms with E-state index >= 15 is 0 Å². The summed E-state index contributed by atoms with van der Waals surface area (Å²) in [6.07, 6.45) is 1.41. The third-order valence-corrected chi connectivity index (χ3v) is 8.13. The Balaban J connectivity index is 0.00000179. The fourth-order valence-corrected chi connectivity index (χ4v) is 5.98. The van der Waals surface area contributed by atoms with E-state index in [0.717, 1.165) is 61.1 Å². The van der Waals surface area contributed by atoms with Gasteiger partial charge < -0.3 is 15.3 Å². The van der Waals surface area contributed by atoms with Gasteiger partial charge in [-0.1, -0.05) is 135 Å². The summed E-state index contributed by atoms with van der Waals surface area (Å²) >= 11 is 0. The Labute approximate surface area is 279 Å². The van der Waals surface area contributed by atoms with Crippen LogP contribution in [-0.4, -0.2) is 25.7 Å². The van der Waals surface area contributed by atoms with Crippen LogP contribution in [0.3, 0.4) is 0 Å². The maximum absolute atomic E-state index is 8.27. The summed E-state index contributed by atoms with van der Waals surface area (Å²) in [6, 6.07) is 51.0. The predicted molar refractivity (Wildman–Crippen MR) is 199 cm³/mol. The number of nitrogens with one attached hydrogen (secondary N) is 2. The number of hydrogen-bond acceptors (Lipinski definition) is 5. The van der Waals surface area contributed by atoms with Crippen molar-refractivity contribution in [3.63, 3.8) is 0 Å². The molecule has 6 nitrogen and oxygen atoms in total. The van der Waals surface area contributed by atoms with E-state index in [1.54, 1.807) is 0 Å². The lowest BCUT2D eigenvalue weighted by molar-refractivity contribution is 1.07. The summed E-state index contributed by atoms with van der Waals surface area (Å²) in [6.45, 7) is 4.00.